The van der Waals surface area contributed by atoms with Gasteiger partial charge in [-0.05, 0) is 43.4 Å². The molecule has 0 unspecified atom stereocenters. The minimum Gasteiger partial charge on any atom is -0.467 e. The first-order valence-corrected chi connectivity index (χ1v) is 11.7. The Morgan fingerprint density at radius 2 is 2.17 bits per heavy atom. The predicted octanol–water partition coefficient (Wildman–Crippen LogP) is 2.62. The Kier molecular flexibility index (Phi) is 5.11. The average molecular weight is 445 g/mol. The van der Waals surface area contributed by atoms with Gasteiger partial charge >= 0.3 is 6.03 Å². The monoisotopic (exact) mass is 444 g/mol. The number of nitrogens with one attached hydrogen (secondary N) is 1. The van der Waals surface area contributed by atoms with Crippen LogP contribution in [-0.2, 0) is 24.2 Å². The van der Waals surface area contributed by atoms with E-state index in [1.165, 1.54) is 21.5 Å². The van der Waals surface area contributed by atoms with Gasteiger partial charge < -0.3 is 9.73 Å². The Morgan fingerprint density at radius 3 is 2.93 bits per heavy atom. The number of fused-ring (bicyclic) bond motifs is 3. The predicted molar refractivity (Wildman–Crippen MR) is 114 cm³/mol. The SMILES string of the molecule is O=C(CSc1nc2sc3c(c2c(=O)n1Cc1ccco1)CCCC3)N1CCNC1=O. The molecule has 4 heterocycles. The molecule has 8 nitrogen and oxygen atoms in total. The number of rotatable bonds is 5. The zero-order valence-corrected chi connectivity index (χ0v) is 17.8. The normalized spacial score (nSPS) is 16.1. The van der Waals surface area contributed by atoms with E-state index in [2.05, 4.69) is 5.32 Å². The number of aromatic nitrogens is 2. The topological polar surface area (TPSA) is 97.4 Å². The second kappa shape index (κ2) is 7.92. The summed E-state index contributed by atoms with van der Waals surface area (Å²) in [4.78, 5) is 45.7. The molecule has 3 aromatic heterocycles. The summed E-state index contributed by atoms with van der Waals surface area (Å²) in [5.74, 6) is 0.392. The number of carbonyl (C=O) groups is 2. The van der Waals surface area contributed by atoms with Gasteiger partial charge in [-0.3, -0.25) is 19.1 Å². The Morgan fingerprint density at radius 1 is 1.30 bits per heavy atom. The van der Waals surface area contributed by atoms with Crippen LogP contribution in [0, 0.1) is 0 Å². The summed E-state index contributed by atoms with van der Waals surface area (Å²) in [6, 6.07) is 3.22. The Bertz CT molecular complexity index is 1180. The summed E-state index contributed by atoms with van der Waals surface area (Å²) in [5, 5.41) is 3.80. The summed E-state index contributed by atoms with van der Waals surface area (Å²) in [6.45, 7) is 1.07. The van der Waals surface area contributed by atoms with Gasteiger partial charge in [-0.25, -0.2) is 9.78 Å². The molecule has 0 saturated carbocycles. The number of carbonyl (C=O) groups excluding carboxylic acids is 2. The van der Waals surface area contributed by atoms with Gasteiger partial charge in [0.15, 0.2) is 5.16 Å². The van der Waals surface area contributed by atoms with Gasteiger partial charge in [0.05, 0.1) is 23.9 Å². The Balaban J connectivity index is 1.52. The van der Waals surface area contributed by atoms with Gasteiger partial charge in [-0.15, -0.1) is 11.3 Å². The summed E-state index contributed by atoms with van der Waals surface area (Å²) in [7, 11) is 0. The summed E-state index contributed by atoms with van der Waals surface area (Å²) in [5.41, 5.74) is 1.04. The molecule has 0 atom stereocenters. The lowest BCUT2D eigenvalue weighted by Crippen LogP contribution is -2.35. The summed E-state index contributed by atoms with van der Waals surface area (Å²) in [6.07, 6.45) is 5.68. The molecular weight excluding hydrogens is 424 g/mol. The van der Waals surface area contributed by atoms with E-state index in [1.807, 2.05) is 6.07 Å². The highest BCUT2D eigenvalue weighted by atomic mass is 32.2. The highest BCUT2D eigenvalue weighted by Gasteiger charge is 2.27. The smallest absolute Gasteiger partial charge is 0.324 e. The number of nitrogens with zero attached hydrogens (tertiary/aromatic N) is 3. The average Bonchev–Trinajstić information content (AvgIpc) is 3.48. The number of thiophene rings is 1. The fourth-order valence-corrected chi connectivity index (χ4v) is 6.12. The number of urea groups is 1. The van der Waals surface area contributed by atoms with Crippen LogP contribution in [0.15, 0.2) is 32.8 Å². The van der Waals surface area contributed by atoms with Crippen molar-refractivity contribution in [1.29, 1.82) is 0 Å². The molecule has 0 radical (unpaired) electrons. The van der Waals surface area contributed by atoms with Crippen molar-refractivity contribution in [2.75, 3.05) is 18.8 Å². The second-order valence-corrected chi connectivity index (χ2v) is 9.35. The van der Waals surface area contributed by atoms with Crippen molar-refractivity contribution in [3.8, 4) is 0 Å². The van der Waals surface area contributed by atoms with Crippen molar-refractivity contribution in [2.24, 2.45) is 0 Å². The van der Waals surface area contributed by atoms with Crippen LogP contribution in [0.2, 0.25) is 0 Å². The molecule has 1 saturated heterocycles. The maximum absolute atomic E-state index is 13.5. The van der Waals surface area contributed by atoms with E-state index in [1.54, 1.807) is 28.2 Å². The standard InChI is InChI=1S/C20H20N4O4S2/c25-15(23-8-7-21-19(23)27)11-29-20-22-17-16(13-5-1-2-6-14(13)30-17)18(26)24(20)10-12-4-3-9-28-12/h3-4,9H,1-2,5-8,10-11H2,(H,21,27). The number of hydrogen-bond acceptors (Lipinski definition) is 7. The molecule has 0 bridgehead atoms. The zero-order chi connectivity index (χ0) is 20.7. The molecule has 10 heteroatoms. The molecule has 0 spiro atoms. The first-order valence-electron chi connectivity index (χ1n) is 9.90. The van der Waals surface area contributed by atoms with Crippen LogP contribution < -0.4 is 10.9 Å². The third kappa shape index (κ3) is 3.43. The van der Waals surface area contributed by atoms with Crippen LogP contribution in [0.25, 0.3) is 10.2 Å². The van der Waals surface area contributed by atoms with Crippen LogP contribution in [0.3, 0.4) is 0 Å². The van der Waals surface area contributed by atoms with E-state index in [-0.39, 0.29) is 29.8 Å². The van der Waals surface area contributed by atoms with Gasteiger partial charge in [0.1, 0.15) is 10.6 Å². The number of thioether (sulfide) groups is 1. The molecule has 3 amide bonds. The number of imide groups is 1. The van der Waals surface area contributed by atoms with Crippen molar-refractivity contribution in [3.05, 3.63) is 45.0 Å². The molecule has 0 aromatic carbocycles. The maximum Gasteiger partial charge on any atom is 0.324 e. The molecule has 3 aromatic rings. The van der Waals surface area contributed by atoms with E-state index >= 15 is 0 Å². The van der Waals surface area contributed by atoms with Gasteiger partial charge in [0.25, 0.3) is 5.56 Å². The minimum absolute atomic E-state index is 0.0363. The fraction of sp³-hybridized carbons (Fsp3) is 0.400. The van der Waals surface area contributed by atoms with Crippen LogP contribution >= 0.6 is 23.1 Å². The third-order valence-electron chi connectivity index (χ3n) is 5.42. The molecule has 156 valence electrons. The molecule has 2 aliphatic rings. The number of hydrogen-bond donors (Lipinski definition) is 1. The van der Waals surface area contributed by atoms with Crippen molar-refractivity contribution in [2.45, 2.75) is 37.4 Å². The van der Waals surface area contributed by atoms with Crippen LogP contribution in [0.5, 0.6) is 0 Å². The molecule has 30 heavy (non-hydrogen) atoms. The lowest BCUT2D eigenvalue weighted by atomic mass is 9.97. The van der Waals surface area contributed by atoms with Crippen molar-refractivity contribution in [3.63, 3.8) is 0 Å². The van der Waals surface area contributed by atoms with Gasteiger partial charge in [-0.1, -0.05) is 11.8 Å². The van der Waals surface area contributed by atoms with Crippen molar-refractivity contribution < 1.29 is 14.0 Å². The second-order valence-electron chi connectivity index (χ2n) is 7.32. The quantitative estimate of drug-likeness (QED) is 0.480. The molecule has 1 aliphatic heterocycles. The Hall–Kier alpha value is -2.59. The number of amides is 3. The molecule has 1 N–H and O–H groups in total. The van der Waals surface area contributed by atoms with E-state index < -0.39 is 0 Å². The van der Waals surface area contributed by atoms with E-state index in [0.717, 1.165) is 36.1 Å². The molecule has 1 fully saturated rings. The lowest BCUT2D eigenvalue weighted by molar-refractivity contribution is -0.124. The lowest BCUT2D eigenvalue weighted by Gasteiger charge is -2.14. The van der Waals surface area contributed by atoms with Gasteiger partial charge in [0, 0.05) is 18.0 Å². The number of aryl methyl sites for hydroxylation is 2. The van der Waals surface area contributed by atoms with Crippen molar-refractivity contribution in [1.82, 2.24) is 19.8 Å². The Labute approximate surface area is 180 Å². The first kappa shape index (κ1) is 19.4. The highest BCUT2D eigenvalue weighted by Crippen LogP contribution is 2.34. The largest absolute Gasteiger partial charge is 0.467 e. The van der Waals surface area contributed by atoms with Gasteiger partial charge in [-0.2, -0.15) is 0 Å². The third-order valence-corrected chi connectivity index (χ3v) is 7.56. The van der Waals surface area contributed by atoms with E-state index in [4.69, 9.17) is 9.40 Å². The van der Waals surface area contributed by atoms with Crippen molar-refractivity contribution >= 4 is 45.3 Å². The fourth-order valence-electron chi connectivity index (χ4n) is 3.94. The van der Waals surface area contributed by atoms with E-state index in [9.17, 15) is 14.4 Å². The minimum atomic E-state index is -0.372. The van der Waals surface area contributed by atoms with Crippen LogP contribution in [0.4, 0.5) is 4.79 Å². The molecular formula is C20H20N4O4S2. The maximum atomic E-state index is 13.5. The first-order chi connectivity index (χ1) is 14.6. The zero-order valence-electron chi connectivity index (χ0n) is 16.2. The van der Waals surface area contributed by atoms with Gasteiger partial charge in [0.2, 0.25) is 5.91 Å². The van der Waals surface area contributed by atoms with Crippen LogP contribution in [-0.4, -0.2) is 45.2 Å². The highest BCUT2D eigenvalue weighted by molar-refractivity contribution is 7.99. The summed E-state index contributed by atoms with van der Waals surface area (Å²) >= 11 is 2.77. The molecule has 1 aliphatic carbocycles. The molecule has 5 rings (SSSR count). The summed E-state index contributed by atoms with van der Waals surface area (Å²) < 4.78 is 7.04. The van der Waals surface area contributed by atoms with E-state index in [0.29, 0.717) is 29.4 Å². The van der Waals surface area contributed by atoms with Crippen LogP contribution in [0.1, 0.15) is 29.0 Å². The number of furan rings is 1.